The molecule has 0 bridgehead atoms. The van der Waals surface area contributed by atoms with Gasteiger partial charge in [-0.1, -0.05) is 152 Å². The molecule has 0 heterocycles. The summed E-state index contributed by atoms with van der Waals surface area (Å²) in [5.41, 5.74) is 16.1. The van der Waals surface area contributed by atoms with E-state index in [2.05, 4.69) is 222 Å². The second kappa shape index (κ2) is 13.6. The van der Waals surface area contributed by atoms with E-state index in [0.717, 1.165) is 29.2 Å². The summed E-state index contributed by atoms with van der Waals surface area (Å²) in [7, 11) is 0. The molecule has 0 radical (unpaired) electrons. The van der Waals surface area contributed by atoms with Crippen LogP contribution < -0.4 is 9.80 Å². The zero-order valence-corrected chi connectivity index (χ0v) is 29.9. The Hall–Kier alpha value is -6.90. The Bertz CT molecular complexity index is 2570. The molecule has 2 heteroatoms. The largest absolute Gasteiger partial charge is 0.330 e. The molecule has 54 heavy (non-hydrogen) atoms. The smallest absolute Gasteiger partial charge is 0.0788 e. The molecule has 10 rings (SSSR count). The van der Waals surface area contributed by atoms with Crippen LogP contribution in [0.15, 0.2) is 212 Å². The summed E-state index contributed by atoms with van der Waals surface area (Å²) in [5, 5.41) is 2.59. The maximum Gasteiger partial charge on any atom is 0.0788 e. The Kier molecular flexibility index (Phi) is 8.00. The molecule has 0 aliphatic heterocycles. The van der Waals surface area contributed by atoms with Gasteiger partial charge >= 0.3 is 0 Å². The number of nitrogens with zero attached hydrogens (tertiary/aromatic N) is 2. The molecule has 0 aromatic heterocycles. The third-order valence-corrected chi connectivity index (χ3v) is 10.9. The second-order valence-electron chi connectivity index (χ2n) is 14.0. The van der Waals surface area contributed by atoms with E-state index in [1.54, 1.807) is 0 Å². The van der Waals surface area contributed by atoms with Crippen molar-refractivity contribution in [1.82, 2.24) is 0 Å². The number of anilines is 5. The van der Waals surface area contributed by atoms with Gasteiger partial charge in [0.25, 0.3) is 0 Å². The van der Waals surface area contributed by atoms with Crippen LogP contribution in [0.3, 0.4) is 0 Å². The Morgan fingerprint density at radius 1 is 0.444 bits per heavy atom. The van der Waals surface area contributed by atoms with Gasteiger partial charge in [0.05, 0.1) is 11.7 Å². The zero-order valence-electron chi connectivity index (χ0n) is 29.9. The maximum absolute atomic E-state index is 2.52. The van der Waals surface area contributed by atoms with Crippen LogP contribution in [-0.4, -0.2) is 6.04 Å². The first-order valence-electron chi connectivity index (χ1n) is 18.8. The Balaban J connectivity index is 1.31. The van der Waals surface area contributed by atoms with Gasteiger partial charge in [0.1, 0.15) is 0 Å². The number of benzene rings is 8. The van der Waals surface area contributed by atoms with E-state index in [-0.39, 0.29) is 6.04 Å². The van der Waals surface area contributed by atoms with Crippen molar-refractivity contribution in [1.29, 1.82) is 0 Å². The maximum atomic E-state index is 2.52. The fourth-order valence-electron chi connectivity index (χ4n) is 8.59. The van der Waals surface area contributed by atoms with Crippen molar-refractivity contribution in [2.24, 2.45) is 0 Å². The highest BCUT2D eigenvalue weighted by Gasteiger charge is 2.35. The molecule has 8 aromatic rings. The highest BCUT2D eigenvalue weighted by molar-refractivity contribution is 6.14. The minimum absolute atomic E-state index is 0.0422. The van der Waals surface area contributed by atoms with Crippen LogP contribution in [0.4, 0.5) is 28.4 Å². The van der Waals surface area contributed by atoms with Gasteiger partial charge < -0.3 is 9.80 Å². The SMILES string of the molecule is C1=C(c2ccccc2)c2ccc3c(N(c4ccccc4)c4ccccc4)cc(-c4ccccc4)c4c3c2C(=CC4)C1N(c1ccccc1)c1ccccc1. The van der Waals surface area contributed by atoms with Gasteiger partial charge in [-0.25, -0.2) is 0 Å². The Morgan fingerprint density at radius 2 is 0.926 bits per heavy atom. The van der Waals surface area contributed by atoms with Crippen LogP contribution >= 0.6 is 0 Å². The fourth-order valence-corrected chi connectivity index (χ4v) is 8.59. The van der Waals surface area contributed by atoms with Crippen LogP contribution in [0.5, 0.6) is 0 Å². The highest BCUT2D eigenvalue weighted by atomic mass is 15.2. The quantitative estimate of drug-likeness (QED) is 0.157. The van der Waals surface area contributed by atoms with Crippen molar-refractivity contribution < 1.29 is 0 Å². The summed E-state index contributed by atoms with van der Waals surface area (Å²) in [4.78, 5) is 4.95. The van der Waals surface area contributed by atoms with E-state index < -0.39 is 0 Å². The molecule has 0 saturated carbocycles. The molecule has 0 amide bonds. The Labute approximate surface area is 317 Å². The van der Waals surface area contributed by atoms with Crippen LogP contribution in [0.1, 0.15) is 22.3 Å². The lowest BCUT2D eigenvalue weighted by molar-refractivity contribution is 0.946. The minimum atomic E-state index is -0.0422. The van der Waals surface area contributed by atoms with Crippen molar-refractivity contribution in [3.05, 3.63) is 235 Å². The molecular formula is C52H38N2. The number of hydrogen-bond acceptors (Lipinski definition) is 2. The number of allylic oxidation sites excluding steroid dienone is 1. The van der Waals surface area contributed by atoms with Crippen molar-refractivity contribution >= 4 is 50.4 Å². The highest BCUT2D eigenvalue weighted by Crippen LogP contribution is 2.52. The predicted molar refractivity (Wildman–Crippen MR) is 228 cm³/mol. The molecule has 0 spiro atoms. The van der Waals surface area contributed by atoms with E-state index in [9.17, 15) is 0 Å². The van der Waals surface area contributed by atoms with E-state index >= 15 is 0 Å². The number of para-hydroxylation sites is 4. The Morgan fingerprint density at radius 3 is 1.46 bits per heavy atom. The summed E-state index contributed by atoms with van der Waals surface area (Å²) in [5.74, 6) is 0. The molecule has 1 atom stereocenters. The third-order valence-electron chi connectivity index (χ3n) is 10.9. The summed E-state index contributed by atoms with van der Waals surface area (Å²) in [6, 6.07) is 72.4. The van der Waals surface area contributed by atoms with Gasteiger partial charge in [-0.15, -0.1) is 0 Å². The van der Waals surface area contributed by atoms with E-state index in [0.29, 0.717) is 0 Å². The molecule has 8 aromatic carbocycles. The fraction of sp³-hybridized carbons (Fsp3) is 0.0385. The van der Waals surface area contributed by atoms with Gasteiger partial charge in [0.15, 0.2) is 0 Å². The molecule has 0 N–H and O–H groups in total. The van der Waals surface area contributed by atoms with Crippen LogP contribution in [-0.2, 0) is 6.42 Å². The van der Waals surface area contributed by atoms with Crippen molar-refractivity contribution in [2.45, 2.75) is 12.5 Å². The van der Waals surface area contributed by atoms with Gasteiger partial charge in [0, 0.05) is 28.1 Å². The van der Waals surface area contributed by atoms with Crippen molar-refractivity contribution in [3.8, 4) is 11.1 Å². The second-order valence-corrected chi connectivity index (χ2v) is 14.0. The topological polar surface area (TPSA) is 6.48 Å². The lowest BCUT2D eigenvalue weighted by Gasteiger charge is -2.40. The molecule has 2 aliphatic carbocycles. The van der Waals surface area contributed by atoms with Crippen LogP contribution in [0.25, 0.3) is 33.0 Å². The molecule has 0 saturated heterocycles. The molecule has 2 aliphatic rings. The lowest BCUT2D eigenvalue weighted by Crippen LogP contribution is -2.34. The number of rotatable bonds is 8. The zero-order chi connectivity index (χ0) is 35.8. The van der Waals surface area contributed by atoms with Gasteiger partial charge in [-0.05, 0) is 117 Å². The summed E-state index contributed by atoms with van der Waals surface area (Å²) in [6.07, 6.45) is 5.86. The monoisotopic (exact) mass is 690 g/mol. The summed E-state index contributed by atoms with van der Waals surface area (Å²) in [6.45, 7) is 0. The average Bonchev–Trinajstić information content (AvgIpc) is 3.25. The van der Waals surface area contributed by atoms with Gasteiger partial charge in [0.2, 0.25) is 0 Å². The molecule has 256 valence electrons. The predicted octanol–water partition coefficient (Wildman–Crippen LogP) is 13.6. The van der Waals surface area contributed by atoms with E-state index in [1.807, 2.05) is 0 Å². The molecule has 2 nitrogen and oxygen atoms in total. The average molecular weight is 691 g/mol. The van der Waals surface area contributed by atoms with Crippen molar-refractivity contribution in [2.75, 3.05) is 9.80 Å². The summed E-state index contributed by atoms with van der Waals surface area (Å²) < 4.78 is 0. The standard InChI is InChI=1S/C52H38N2/c1-7-19-37(20-8-1)47-35-49(53(39-23-11-3-12-24-39)40-25-13-4-14-26-40)45-34-32-44-48(38-21-9-2-10-22-38)36-50(46-33-31-43(47)51(45)52(44)46)54(41-27-15-5-16-28-41)42-29-17-6-18-30-42/h1-31,33-36,49H,32H2. The molecule has 1 unspecified atom stereocenters. The minimum Gasteiger partial charge on any atom is -0.330 e. The van der Waals surface area contributed by atoms with Crippen molar-refractivity contribution in [3.63, 3.8) is 0 Å². The summed E-state index contributed by atoms with van der Waals surface area (Å²) >= 11 is 0. The molecular weight excluding hydrogens is 653 g/mol. The first-order valence-corrected chi connectivity index (χ1v) is 18.8. The first-order chi connectivity index (χ1) is 26.8. The third kappa shape index (κ3) is 5.43. The van der Waals surface area contributed by atoms with Crippen LogP contribution in [0.2, 0.25) is 0 Å². The van der Waals surface area contributed by atoms with Gasteiger partial charge in [-0.2, -0.15) is 0 Å². The van der Waals surface area contributed by atoms with E-state index in [1.165, 1.54) is 61.0 Å². The van der Waals surface area contributed by atoms with Gasteiger partial charge in [-0.3, -0.25) is 0 Å². The normalized spacial score (nSPS) is 14.3. The van der Waals surface area contributed by atoms with Crippen LogP contribution in [0, 0.1) is 0 Å². The molecule has 0 fully saturated rings. The number of hydrogen-bond donors (Lipinski definition) is 0. The lowest BCUT2D eigenvalue weighted by atomic mass is 9.73. The van der Waals surface area contributed by atoms with E-state index in [4.69, 9.17) is 0 Å². The first kappa shape index (κ1) is 31.8.